The van der Waals surface area contributed by atoms with E-state index in [2.05, 4.69) is 9.88 Å². The first-order valence-corrected chi connectivity index (χ1v) is 10.2. The van der Waals surface area contributed by atoms with Crippen LogP contribution in [-0.2, 0) is 16.0 Å². The number of fused-ring (bicyclic) bond motifs is 2. The second-order valence-corrected chi connectivity index (χ2v) is 7.43. The second kappa shape index (κ2) is 9.34. The molecule has 2 aromatic carbocycles. The summed E-state index contributed by atoms with van der Waals surface area (Å²) in [4.78, 5) is 18.3. The summed E-state index contributed by atoms with van der Waals surface area (Å²) < 4.78 is 16.4. The normalized spacial score (nSPS) is 14.5. The molecule has 0 spiro atoms. The molecule has 0 saturated heterocycles. The predicted octanol–water partition coefficient (Wildman–Crippen LogP) is 3.58. The van der Waals surface area contributed by atoms with E-state index in [1.54, 1.807) is 32.4 Å². The van der Waals surface area contributed by atoms with E-state index in [0.717, 1.165) is 16.5 Å². The quantitative estimate of drug-likeness (QED) is 0.513. The van der Waals surface area contributed by atoms with Gasteiger partial charge < -0.3 is 24.3 Å². The summed E-state index contributed by atoms with van der Waals surface area (Å²) in [5.74, 6) is 0.560. The number of allylic oxidation sites excluding steroid dienone is 1. The maximum Gasteiger partial charge on any atom is 0.231 e. The van der Waals surface area contributed by atoms with Crippen LogP contribution in [0, 0.1) is 0 Å². The SMILES string of the molecule is COCCN(CCOC)Cc1c(O)ccc2c1OC(=Cc1c[nH]c3ccccc13)C2=O. The molecule has 0 fully saturated rings. The van der Waals surface area contributed by atoms with E-state index in [1.165, 1.54) is 0 Å². The number of para-hydroxylation sites is 1. The first kappa shape index (κ1) is 21.1. The number of nitrogens with one attached hydrogen (secondary N) is 1. The molecule has 3 aromatic rings. The molecule has 2 heterocycles. The van der Waals surface area contributed by atoms with Crippen molar-refractivity contribution in [1.29, 1.82) is 0 Å². The van der Waals surface area contributed by atoms with E-state index in [-0.39, 0.29) is 17.3 Å². The summed E-state index contributed by atoms with van der Waals surface area (Å²) in [5, 5.41) is 11.5. The number of methoxy groups -OCH3 is 2. The van der Waals surface area contributed by atoms with E-state index < -0.39 is 0 Å². The first-order chi connectivity index (χ1) is 15.1. The number of aromatic amines is 1. The van der Waals surface area contributed by atoms with Crippen molar-refractivity contribution in [2.24, 2.45) is 0 Å². The molecule has 7 nitrogen and oxygen atoms in total. The Kier molecular flexibility index (Phi) is 6.36. The summed E-state index contributed by atoms with van der Waals surface area (Å²) >= 11 is 0. The number of ketones is 1. The van der Waals surface area contributed by atoms with Crippen molar-refractivity contribution in [3.8, 4) is 11.5 Å². The number of carbonyl (C=O) groups excluding carboxylic acids is 1. The second-order valence-electron chi connectivity index (χ2n) is 7.43. The van der Waals surface area contributed by atoms with Crippen LogP contribution in [0.5, 0.6) is 11.5 Å². The van der Waals surface area contributed by atoms with E-state index in [4.69, 9.17) is 14.2 Å². The lowest BCUT2D eigenvalue weighted by molar-refractivity contribution is 0.101. The Morgan fingerprint density at radius 3 is 2.58 bits per heavy atom. The maximum atomic E-state index is 13.0. The number of phenols is 1. The van der Waals surface area contributed by atoms with Gasteiger partial charge in [0.25, 0.3) is 0 Å². The predicted molar refractivity (Wildman–Crippen MR) is 118 cm³/mol. The van der Waals surface area contributed by atoms with Crippen LogP contribution < -0.4 is 4.74 Å². The van der Waals surface area contributed by atoms with Crippen LogP contribution in [0.2, 0.25) is 0 Å². The molecular formula is C24H26N2O5. The van der Waals surface area contributed by atoms with Gasteiger partial charge in [-0.3, -0.25) is 9.69 Å². The van der Waals surface area contributed by atoms with Gasteiger partial charge in [0.05, 0.1) is 24.3 Å². The summed E-state index contributed by atoms with van der Waals surface area (Å²) in [6.07, 6.45) is 3.60. The van der Waals surface area contributed by atoms with Gasteiger partial charge in [0.2, 0.25) is 5.78 Å². The zero-order valence-electron chi connectivity index (χ0n) is 17.7. The van der Waals surface area contributed by atoms with Crippen LogP contribution in [0.15, 0.2) is 48.4 Å². The van der Waals surface area contributed by atoms with Crippen molar-refractivity contribution >= 4 is 22.8 Å². The van der Waals surface area contributed by atoms with Crippen molar-refractivity contribution < 1.29 is 24.1 Å². The number of phenolic OH excluding ortho intramolecular Hbond substituents is 1. The van der Waals surface area contributed by atoms with Gasteiger partial charge in [0.15, 0.2) is 5.76 Å². The number of Topliss-reactive ketones (excluding diaryl/α,β-unsaturated/α-hetero) is 1. The third-order valence-corrected chi connectivity index (χ3v) is 5.43. The van der Waals surface area contributed by atoms with E-state index in [0.29, 0.717) is 49.7 Å². The minimum atomic E-state index is -0.193. The van der Waals surface area contributed by atoms with Crippen molar-refractivity contribution in [3.63, 3.8) is 0 Å². The number of hydrogen-bond acceptors (Lipinski definition) is 6. The Morgan fingerprint density at radius 1 is 1.10 bits per heavy atom. The van der Waals surface area contributed by atoms with Crippen LogP contribution in [0.1, 0.15) is 21.5 Å². The highest BCUT2D eigenvalue weighted by Crippen LogP contribution is 2.40. The van der Waals surface area contributed by atoms with Crippen molar-refractivity contribution in [2.75, 3.05) is 40.5 Å². The molecule has 0 radical (unpaired) electrons. The zero-order chi connectivity index (χ0) is 21.8. The molecule has 4 rings (SSSR count). The van der Waals surface area contributed by atoms with Gasteiger partial charge >= 0.3 is 0 Å². The fraction of sp³-hybridized carbons (Fsp3) is 0.292. The van der Waals surface area contributed by atoms with Crippen LogP contribution in [0.25, 0.3) is 17.0 Å². The van der Waals surface area contributed by atoms with Crippen LogP contribution >= 0.6 is 0 Å². The molecule has 162 valence electrons. The van der Waals surface area contributed by atoms with Gasteiger partial charge in [-0.1, -0.05) is 18.2 Å². The van der Waals surface area contributed by atoms with Gasteiger partial charge in [0, 0.05) is 56.5 Å². The Balaban J connectivity index is 1.64. The fourth-order valence-corrected chi connectivity index (χ4v) is 3.74. The van der Waals surface area contributed by atoms with Gasteiger partial charge in [0.1, 0.15) is 11.5 Å². The fourth-order valence-electron chi connectivity index (χ4n) is 3.74. The monoisotopic (exact) mass is 422 g/mol. The largest absolute Gasteiger partial charge is 0.507 e. The van der Waals surface area contributed by atoms with Gasteiger partial charge in [-0.15, -0.1) is 0 Å². The highest BCUT2D eigenvalue weighted by molar-refractivity contribution is 6.15. The zero-order valence-corrected chi connectivity index (χ0v) is 17.7. The number of nitrogens with zero attached hydrogens (tertiary/aromatic N) is 1. The third-order valence-electron chi connectivity index (χ3n) is 5.43. The smallest absolute Gasteiger partial charge is 0.231 e. The highest BCUT2D eigenvalue weighted by atomic mass is 16.5. The van der Waals surface area contributed by atoms with Crippen molar-refractivity contribution in [1.82, 2.24) is 9.88 Å². The summed E-state index contributed by atoms with van der Waals surface area (Å²) in [5.41, 5.74) is 2.90. The number of hydrogen-bond donors (Lipinski definition) is 2. The van der Waals surface area contributed by atoms with Crippen molar-refractivity contribution in [2.45, 2.75) is 6.54 Å². The number of ether oxygens (including phenoxy) is 3. The molecule has 2 N–H and O–H groups in total. The third kappa shape index (κ3) is 4.34. The van der Waals surface area contributed by atoms with Crippen molar-refractivity contribution in [3.05, 3.63) is 65.0 Å². The highest BCUT2D eigenvalue weighted by Gasteiger charge is 2.31. The lowest BCUT2D eigenvalue weighted by atomic mass is 10.0. The van der Waals surface area contributed by atoms with Gasteiger partial charge in [-0.2, -0.15) is 0 Å². The number of rotatable bonds is 9. The van der Waals surface area contributed by atoms with Crippen LogP contribution in [0.4, 0.5) is 0 Å². The minimum Gasteiger partial charge on any atom is -0.507 e. The van der Waals surface area contributed by atoms with E-state index in [1.807, 2.05) is 30.5 Å². The average Bonchev–Trinajstić information content (AvgIpc) is 3.33. The first-order valence-electron chi connectivity index (χ1n) is 10.2. The summed E-state index contributed by atoms with van der Waals surface area (Å²) in [7, 11) is 3.30. The lowest BCUT2D eigenvalue weighted by Crippen LogP contribution is -2.30. The van der Waals surface area contributed by atoms with Crippen LogP contribution in [-0.4, -0.2) is 61.3 Å². The Hall–Kier alpha value is -3.13. The number of benzene rings is 2. The molecule has 31 heavy (non-hydrogen) atoms. The molecule has 0 amide bonds. The molecule has 1 aliphatic heterocycles. The summed E-state index contributed by atoms with van der Waals surface area (Å²) in [6.45, 7) is 2.83. The average molecular weight is 422 g/mol. The number of aromatic hydroxyl groups is 1. The molecule has 0 aliphatic carbocycles. The molecule has 1 aliphatic rings. The molecule has 1 aromatic heterocycles. The molecule has 0 bridgehead atoms. The maximum absolute atomic E-state index is 13.0. The van der Waals surface area contributed by atoms with Crippen LogP contribution in [0.3, 0.4) is 0 Å². The molecular weight excluding hydrogens is 396 g/mol. The van der Waals surface area contributed by atoms with E-state index in [9.17, 15) is 9.90 Å². The standard InChI is InChI=1S/C24H26N2O5/c1-29-11-9-26(10-12-30-2)15-19-21(27)8-7-18-23(28)22(31-24(18)19)13-16-14-25-20-6-4-3-5-17(16)20/h3-8,13-14,25,27H,9-12,15H2,1-2H3. The molecule has 7 heteroatoms. The molecule has 0 saturated carbocycles. The number of carbonyl (C=O) groups is 1. The van der Waals surface area contributed by atoms with Gasteiger partial charge in [-0.25, -0.2) is 0 Å². The number of aromatic nitrogens is 1. The minimum absolute atomic E-state index is 0.0970. The Labute approximate surface area is 180 Å². The topological polar surface area (TPSA) is 84.0 Å². The van der Waals surface area contributed by atoms with Gasteiger partial charge in [-0.05, 0) is 24.3 Å². The number of H-pyrrole nitrogens is 1. The molecule has 0 atom stereocenters. The summed E-state index contributed by atoms with van der Waals surface area (Å²) in [6, 6.07) is 11.0. The van der Waals surface area contributed by atoms with E-state index >= 15 is 0 Å². The molecule has 0 unspecified atom stereocenters. The Bertz CT molecular complexity index is 1110. The lowest BCUT2D eigenvalue weighted by Gasteiger charge is -2.23. The Morgan fingerprint density at radius 2 is 1.84 bits per heavy atom.